The van der Waals surface area contributed by atoms with E-state index in [0.29, 0.717) is 6.42 Å². The molecule has 0 radical (unpaired) electrons. The topological polar surface area (TPSA) is 32.3 Å². The second-order valence-electron chi connectivity index (χ2n) is 2.84. The van der Waals surface area contributed by atoms with Crippen LogP contribution in [0.1, 0.15) is 25.7 Å². The van der Waals surface area contributed by atoms with Crippen LogP contribution in [0.25, 0.3) is 0 Å². The van der Waals surface area contributed by atoms with Crippen LogP contribution in [-0.4, -0.2) is 25.0 Å². The highest BCUT2D eigenvalue weighted by atomic mass is 16.2. The maximum Gasteiger partial charge on any atom is 0.234 e. The third kappa shape index (κ3) is 7.10. The number of unbranched alkanes of at least 4 members (excludes halogenated alkanes) is 2. The summed E-state index contributed by atoms with van der Waals surface area (Å²) in [4.78, 5) is 11.0. The van der Waals surface area contributed by atoms with Crippen LogP contribution in [0.5, 0.6) is 0 Å². The number of hydrazine groups is 1. The van der Waals surface area contributed by atoms with Gasteiger partial charge >= 0.3 is 0 Å². The minimum atomic E-state index is 0.0528. The lowest BCUT2D eigenvalue weighted by molar-refractivity contribution is -0.124. The van der Waals surface area contributed by atoms with Crippen LogP contribution in [0.2, 0.25) is 0 Å². The van der Waals surface area contributed by atoms with E-state index in [1.807, 2.05) is 0 Å². The zero-order valence-electron chi connectivity index (χ0n) is 7.76. The quantitative estimate of drug-likeness (QED) is 0.373. The first-order valence-corrected chi connectivity index (χ1v) is 4.07. The van der Waals surface area contributed by atoms with E-state index >= 15 is 0 Å². The fourth-order valence-electron chi connectivity index (χ4n) is 0.818. The number of carbonyl (C=O) groups excluding carboxylic acids is 1. The van der Waals surface area contributed by atoms with E-state index in [1.54, 1.807) is 19.1 Å². The molecule has 1 N–H and O–H groups in total. The van der Waals surface area contributed by atoms with Gasteiger partial charge in [0.2, 0.25) is 5.91 Å². The number of nitrogens with zero attached hydrogens (tertiary/aromatic N) is 1. The van der Waals surface area contributed by atoms with Gasteiger partial charge in [0.1, 0.15) is 0 Å². The van der Waals surface area contributed by atoms with Gasteiger partial charge in [-0.1, -0.05) is 0 Å². The molecule has 0 aromatic heterocycles. The highest BCUT2D eigenvalue weighted by Gasteiger charge is 1.99. The maximum atomic E-state index is 11.0. The predicted octanol–water partition coefficient (Wildman–Crippen LogP) is 0.773. The molecule has 0 atom stereocenters. The Morgan fingerprint density at radius 1 is 1.50 bits per heavy atom. The standard InChI is InChI=1S/C9H16N2O/c1-4-5-6-7-8-9(12)10-11(2)3/h1H,5-8H2,2-3H3,(H,10,12). The number of terminal acetylenes is 1. The zero-order chi connectivity index (χ0) is 9.40. The first-order valence-electron chi connectivity index (χ1n) is 4.07. The summed E-state index contributed by atoms with van der Waals surface area (Å²) in [6.07, 6.45) is 8.17. The summed E-state index contributed by atoms with van der Waals surface area (Å²) < 4.78 is 0. The molecule has 0 aromatic carbocycles. The number of amides is 1. The van der Waals surface area contributed by atoms with Crippen molar-refractivity contribution in [1.82, 2.24) is 10.4 Å². The van der Waals surface area contributed by atoms with E-state index in [4.69, 9.17) is 6.42 Å². The summed E-state index contributed by atoms with van der Waals surface area (Å²) in [5.74, 6) is 2.59. The summed E-state index contributed by atoms with van der Waals surface area (Å²) in [6, 6.07) is 0. The molecule has 0 aromatic rings. The lowest BCUT2D eigenvalue weighted by Crippen LogP contribution is -2.35. The van der Waals surface area contributed by atoms with Crippen molar-refractivity contribution in [2.24, 2.45) is 0 Å². The number of hydrogen-bond acceptors (Lipinski definition) is 2. The minimum Gasteiger partial charge on any atom is -0.289 e. The minimum absolute atomic E-state index is 0.0528. The van der Waals surface area contributed by atoms with Gasteiger partial charge in [-0.15, -0.1) is 12.3 Å². The Kier molecular flexibility index (Phi) is 6.12. The van der Waals surface area contributed by atoms with Crippen LogP contribution < -0.4 is 5.43 Å². The van der Waals surface area contributed by atoms with Gasteiger partial charge in [0.05, 0.1) is 0 Å². The monoisotopic (exact) mass is 168 g/mol. The van der Waals surface area contributed by atoms with Crippen molar-refractivity contribution >= 4 is 5.91 Å². The van der Waals surface area contributed by atoms with Gasteiger partial charge in [0.15, 0.2) is 0 Å². The van der Waals surface area contributed by atoms with Crippen molar-refractivity contribution in [1.29, 1.82) is 0 Å². The van der Waals surface area contributed by atoms with Gasteiger partial charge in [-0.2, -0.15) is 0 Å². The molecule has 0 rings (SSSR count). The van der Waals surface area contributed by atoms with Crippen molar-refractivity contribution in [2.45, 2.75) is 25.7 Å². The van der Waals surface area contributed by atoms with Gasteiger partial charge < -0.3 is 0 Å². The van der Waals surface area contributed by atoms with Crippen LogP contribution in [0, 0.1) is 12.3 Å². The Bertz CT molecular complexity index is 170. The van der Waals surface area contributed by atoms with E-state index in [1.165, 1.54) is 0 Å². The Balaban J connectivity index is 3.27. The van der Waals surface area contributed by atoms with Crippen LogP contribution in [0.4, 0.5) is 0 Å². The van der Waals surface area contributed by atoms with Crippen molar-refractivity contribution in [3.8, 4) is 12.3 Å². The van der Waals surface area contributed by atoms with Crippen LogP contribution in [0.15, 0.2) is 0 Å². The Morgan fingerprint density at radius 3 is 2.67 bits per heavy atom. The highest BCUT2D eigenvalue weighted by Crippen LogP contribution is 1.97. The van der Waals surface area contributed by atoms with Crippen molar-refractivity contribution in [3.05, 3.63) is 0 Å². The average Bonchev–Trinajstić information content (AvgIpc) is 1.97. The fourth-order valence-corrected chi connectivity index (χ4v) is 0.818. The average molecular weight is 168 g/mol. The van der Waals surface area contributed by atoms with E-state index < -0.39 is 0 Å². The summed E-state index contributed by atoms with van der Waals surface area (Å²) in [5, 5.41) is 1.64. The number of rotatable bonds is 5. The number of hydrogen-bond donors (Lipinski definition) is 1. The van der Waals surface area contributed by atoms with Crippen molar-refractivity contribution in [3.63, 3.8) is 0 Å². The summed E-state index contributed by atoms with van der Waals surface area (Å²) in [6.45, 7) is 0. The van der Waals surface area contributed by atoms with Gasteiger partial charge in [0.25, 0.3) is 0 Å². The van der Waals surface area contributed by atoms with Crippen molar-refractivity contribution in [2.75, 3.05) is 14.1 Å². The van der Waals surface area contributed by atoms with Gasteiger partial charge in [-0.3, -0.25) is 10.2 Å². The second kappa shape index (κ2) is 6.68. The van der Waals surface area contributed by atoms with E-state index in [2.05, 4.69) is 11.3 Å². The van der Waals surface area contributed by atoms with E-state index in [-0.39, 0.29) is 5.91 Å². The molecule has 0 aliphatic carbocycles. The molecule has 0 bridgehead atoms. The molecular formula is C9H16N2O. The van der Waals surface area contributed by atoms with Gasteiger partial charge in [0, 0.05) is 26.9 Å². The fraction of sp³-hybridized carbons (Fsp3) is 0.667. The largest absolute Gasteiger partial charge is 0.289 e. The van der Waals surface area contributed by atoms with Gasteiger partial charge in [-0.05, 0) is 12.8 Å². The first kappa shape index (κ1) is 11.0. The predicted molar refractivity (Wildman–Crippen MR) is 49.1 cm³/mol. The molecule has 0 saturated heterocycles. The Morgan fingerprint density at radius 2 is 2.17 bits per heavy atom. The Labute approximate surface area is 74.1 Å². The molecule has 0 unspecified atom stereocenters. The van der Waals surface area contributed by atoms with Crippen molar-refractivity contribution < 1.29 is 4.79 Å². The summed E-state index contributed by atoms with van der Waals surface area (Å²) in [5.41, 5.74) is 2.66. The summed E-state index contributed by atoms with van der Waals surface area (Å²) >= 11 is 0. The molecule has 0 fully saturated rings. The molecule has 0 saturated carbocycles. The number of nitrogens with one attached hydrogen (secondary N) is 1. The SMILES string of the molecule is C#CCCCCC(=O)NN(C)C. The molecule has 12 heavy (non-hydrogen) atoms. The lowest BCUT2D eigenvalue weighted by atomic mass is 10.2. The summed E-state index contributed by atoms with van der Waals surface area (Å²) in [7, 11) is 3.58. The van der Waals surface area contributed by atoms with Crippen LogP contribution >= 0.6 is 0 Å². The first-order chi connectivity index (χ1) is 5.66. The second-order valence-corrected chi connectivity index (χ2v) is 2.84. The lowest BCUT2D eigenvalue weighted by Gasteiger charge is -2.10. The molecule has 0 aliphatic heterocycles. The molecule has 3 nitrogen and oxygen atoms in total. The third-order valence-electron chi connectivity index (χ3n) is 1.32. The Hall–Kier alpha value is -1.01. The molecule has 0 aliphatic rings. The van der Waals surface area contributed by atoms with Gasteiger partial charge in [-0.25, -0.2) is 5.01 Å². The number of carbonyl (C=O) groups is 1. The maximum absolute atomic E-state index is 11.0. The molecule has 0 heterocycles. The third-order valence-corrected chi connectivity index (χ3v) is 1.32. The molecule has 3 heteroatoms. The highest BCUT2D eigenvalue weighted by molar-refractivity contribution is 5.75. The van der Waals surface area contributed by atoms with E-state index in [9.17, 15) is 4.79 Å². The smallest absolute Gasteiger partial charge is 0.234 e. The normalized spacial score (nSPS) is 9.50. The zero-order valence-corrected chi connectivity index (χ0v) is 7.76. The van der Waals surface area contributed by atoms with E-state index in [0.717, 1.165) is 19.3 Å². The van der Waals surface area contributed by atoms with Crippen LogP contribution in [-0.2, 0) is 4.79 Å². The van der Waals surface area contributed by atoms with Crippen LogP contribution in [0.3, 0.4) is 0 Å². The molecule has 0 spiro atoms. The molecule has 68 valence electrons. The molecular weight excluding hydrogens is 152 g/mol. The molecule has 1 amide bonds.